The Morgan fingerprint density at radius 3 is 2.89 bits per heavy atom. The van der Waals surface area contributed by atoms with Crippen molar-refractivity contribution in [2.75, 3.05) is 6.79 Å². The molecule has 2 nitrogen and oxygen atoms in total. The Kier molecular flexibility index (Phi) is 2.01. The monoisotopic (exact) mass is 352 g/mol. The number of benzene rings is 1. The number of halogens is 1. The SMILES string of the molecule is CC1(C)CC=C2C1=C(I)c1ccc3c(c12)OCO3. The second kappa shape index (κ2) is 3.32. The van der Waals surface area contributed by atoms with Crippen molar-refractivity contribution in [2.45, 2.75) is 20.3 Å². The van der Waals surface area contributed by atoms with Gasteiger partial charge >= 0.3 is 0 Å². The smallest absolute Gasteiger partial charge is 0.231 e. The summed E-state index contributed by atoms with van der Waals surface area (Å²) in [5.74, 6) is 1.81. The molecule has 0 unspecified atom stereocenters. The molecular weight excluding hydrogens is 339 g/mol. The molecule has 0 fully saturated rings. The summed E-state index contributed by atoms with van der Waals surface area (Å²) >= 11 is 2.47. The molecule has 0 amide bonds. The van der Waals surface area contributed by atoms with Crippen LogP contribution >= 0.6 is 22.6 Å². The van der Waals surface area contributed by atoms with Crippen LogP contribution in [0.4, 0.5) is 0 Å². The van der Waals surface area contributed by atoms with E-state index < -0.39 is 0 Å². The predicted octanol–water partition coefficient (Wildman–Crippen LogP) is 4.39. The van der Waals surface area contributed by atoms with Crippen LogP contribution in [0, 0.1) is 5.41 Å². The van der Waals surface area contributed by atoms with Crippen molar-refractivity contribution < 1.29 is 9.47 Å². The Morgan fingerprint density at radius 1 is 1.22 bits per heavy atom. The lowest BCUT2D eigenvalue weighted by Gasteiger charge is -2.20. The summed E-state index contributed by atoms with van der Waals surface area (Å²) in [6.45, 7) is 4.97. The van der Waals surface area contributed by atoms with Gasteiger partial charge in [-0.25, -0.2) is 0 Å². The highest BCUT2D eigenvalue weighted by atomic mass is 127. The lowest BCUT2D eigenvalue weighted by Crippen LogP contribution is -2.08. The predicted molar refractivity (Wildman–Crippen MR) is 79.9 cm³/mol. The first-order chi connectivity index (χ1) is 8.59. The fourth-order valence-electron chi connectivity index (χ4n) is 3.13. The average molecular weight is 352 g/mol. The van der Waals surface area contributed by atoms with E-state index in [-0.39, 0.29) is 5.41 Å². The minimum atomic E-state index is 0.233. The number of fused-ring (bicyclic) bond motifs is 5. The molecule has 0 radical (unpaired) electrons. The second-order valence-electron chi connectivity index (χ2n) is 5.62. The maximum absolute atomic E-state index is 5.67. The van der Waals surface area contributed by atoms with Gasteiger partial charge < -0.3 is 9.47 Å². The van der Waals surface area contributed by atoms with Crippen LogP contribution < -0.4 is 9.47 Å². The minimum Gasteiger partial charge on any atom is -0.454 e. The molecule has 0 aromatic heterocycles. The van der Waals surface area contributed by atoms with E-state index in [9.17, 15) is 0 Å². The first-order valence-electron chi connectivity index (χ1n) is 6.14. The van der Waals surface area contributed by atoms with Gasteiger partial charge in [-0.2, -0.15) is 0 Å². The van der Waals surface area contributed by atoms with Crippen LogP contribution in [-0.4, -0.2) is 6.79 Å². The van der Waals surface area contributed by atoms with E-state index in [1.165, 1.54) is 25.9 Å². The molecule has 0 saturated heterocycles. The van der Waals surface area contributed by atoms with E-state index in [0.29, 0.717) is 6.79 Å². The van der Waals surface area contributed by atoms with Gasteiger partial charge in [0.05, 0.1) is 0 Å². The third-order valence-corrected chi connectivity index (χ3v) is 5.15. The van der Waals surface area contributed by atoms with E-state index >= 15 is 0 Å². The Labute approximate surface area is 120 Å². The first-order valence-corrected chi connectivity index (χ1v) is 7.21. The van der Waals surface area contributed by atoms with Crippen molar-refractivity contribution >= 4 is 31.7 Å². The molecule has 0 bridgehead atoms. The molecule has 92 valence electrons. The van der Waals surface area contributed by atoms with E-state index in [4.69, 9.17) is 9.47 Å². The quantitative estimate of drug-likeness (QED) is 0.645. The highest BCUT2D eigenvalue weighted by Crippen LogP contribution is 2.60. The Hall–Kier alpha value is -0.970. The summed E-state index contributed by atoms with van der Waals surface area (Å²) in [6.07, 6.45) is 3.45. The molecule has 1 aromatic rings. The maximum atomic E-state index is 5.67. The molecule has 4 rings (SSSR count). The van der Waals surface area contributed by atoms with Crippen molar-refractivity contribution in [3.8, 4) is 11.5 Å². The number of hydrogen-bond donors (Lipinski definition) is 0. The van der Waals surface area contributed by atoms with Crippen molar-refractivity contribution in [2.24, 2.45) is 5.41 Å². The summed E-state index contributed by atoms with van der Waals surface area (Å²) in [4.78, 5) is 0. The highest BCUT2D eigenvalue weighted by Gasteiger charge is 2.41. The zero-order valence-electron chi connectivity index (χ0n) is 10.3. The van der Waals surface area contributed by atoms with Crippen molar-refractivity contribution in [1.29, 1.82) is 0 Å². The van der Waals surface area contributed by atoms with Crippen LogP contribution in [0.5, 0.6) is 11.5 Å². The molecule has 0 atom stereocenters. The third kappa shape index (κ3) is 1.18. The molecule has 2 aliphatic carbocycles. The molecule has 0 saturated carbocycles. The second-order valence-corrected chi connectivity index (χ2v) is 6.70. The molecule has 1 aliphatic heterocycles. The van der Waals surface area contributed by atoms with E-state index in [1.807, 2.05) is 6.07 Å². The molecular formula is C15H13IO2. The van der Waals surface area contributed by atoms with Gasteiger partial charge in [-0.15, -0.1) is 0 Å². The van der Waals surface area contributed by atoms with E-state index in [0.717, 1.165) is 17.9 Å². The van der Waals surface area contributed by atoms with Gasteiger partial charge in [-0.1, -0.05) is 19.9 Å². The van der Waals surface area contributed by atoms with Crippen molar-refractivity contribution in [3.63, 3.8) is 0 Å². The molecule has 3 aliphatic rings. The number of rotatable bonds is 0. The molecule has 1 aromatic carbocycles. The molecule has 0 spiro atoms. The standard InChI is InChI=1S/C15H13IO2/c1-15(2)6-5-8-11-9(13(16)12(8)15)3-4-10-14(11)18-7-17-10/h3-5H,6-7H2,1-2H3. The highest BCUT2D eigenvalue weighted by molar-refractivity contribution is 14.1. The topological polar surface area (TPSA) is 18.5 Å². The van der Waals surface area contributed by atoms with Crippen LogP contribution in [0.25, 0.3) is 9.15 Å². The molecule has 1 heterocycles. The van der Waals surface area contributed by atoms with Gasteiger partial charge in [0, 0.05) is 9.14 Å². The van der Waals surface area contributed by atoms with Gasteiger partial charge in [0.1, 0.15) is 0 Å². The number of hydrogen-bond acceptors (Lipinski definition) is 2. The van der Waals surface area contributed by atoms with Gasteiger partial charge in [0.15, 0.2) is 11.5 Å². The molecule has 3 heteroatoms. The normalized spacial score (nSPS) is 22.1. The number of allylic oxidation sites excluding steroid dienone is 3. The van der Waals surface area contributed by atoms with E-state index in [2.05, 4.69) is 48.6 Å². The molecule has 0 N–H and O–H groups in total. The van der Waals surface area contributed by atoms with E-state index in [1.54, 1.807) is 0 Å². The van der Waals surface area contributed by atoms with Crippen LogP contribution in [0.15, 0.2) is 23.8 Å². The van der Waals surface area contributed by atoms with Gasteiger partial charge in [-0.05, 0) is 63.3 Å². The first kappa shape index (κ1) is 10.9. The summed E-state index contributed by atoms with van der Waals surface area (Å²) in [6, 6.07) is 4.18. The summed E-state index contributed by atoms with van der Waals surface area (Å²) < 4.78 is 12.5. The average Bonchev–Trinajstić information content (AvgIpc) is 2.96. The Morgan fingerprint density at radius 2 is 2.06 bits per heavy atom. The fourth-order valence-corrected chi connectivity index (χ4v) is 4.60. The van der Waals surface area contributed by atoms with Crippen LogP contribution in [-0.2, 0) is 0 Å². The summed E-state index contributed by atoms with van der Waals surface area (Å²) in [5.41, 5.74) is 5.62. The van der Waals surface area contributed by atoms with Crippen molar-refractivity contribution in [3.05, 3.63) is 34.9 Å². The third-order valence-electron chi connectivity index (χ3n) is 4.03. The zero-order valence-corrected chi connectivity index (χ0v) is 12.5. The molecule has 18 heavy (non-hydrogen) atoms. The fraction of sp³-hybridized carbons (Fsp3) is 0.333. The van der Waals surface area contributed by atoms with Gasteiger partial charge in [-0.3, -0.25) is 0 Å². The van der Waals surface area contributed by atoms with Crippen LogP contribution in [0.3, 0.4) is 0 Å². The van der Waals surface area contributed by atoms with Crippen molar-refractivity contribution in [1.82, 2.24) is 0 Å². The maximum Gasteiger partial charge on any atom is 0.231 e. The largest absolute Gasteiger partial charge is 0.454 e. The lowest BCUT2D eigenvalue weighted by molar-refractivity contribution is 0.173. The Balaban J connectivity index is 2.02. The summed E-state index contributed by atoms with van der Waals surface area (Å²) in [7, 11) is 0. The van der Waals surface area contributed by atoms with Gasteiger partial charge in [0.25, 0.3) is 0 Å². The summed E-state index contributed by atoms with van der Waals surface area (Å²) in [5, 5.41) is 0. The zero-order chi connectivity index (χ0) is 12.5. The van der Waals surface area contributed by atoms with Crippen LogP contribution in [0.1, 0.15) is 31.4 Å². The Bertz CT molecular complexity index is 638. The lowest BCUT2D eigenvalue weighted by atomic mass is 9.85. The van der Waals surface area contributed by atoms with Gasteiger partial charge in [0.2, 0.25) is 6.79 Å². The number of ether oxygens (including phenoxy) is 2. The van der Waals surface area contributed by atoms with Crippen LogP contribution in [0.2, 0.25) is 0 Å². The minimum absolute atomic E-state index is 0.233.